The Kier molecular flexibility index (Phi) is 3.71. The van der Waals surface area contributed by atoms with Crippen molar-refractivity contribution in [2.45, 2.75) is 45.3 Å². The molecule has 0 aromatic rings. The lowest BCUT2D eigenvalue weighted by Crippen LogP contribution is -2.28. The maximum Gasteiger partial charge on any atom is 0.334 e. The monoisotopic (exact) mass is 248 g/mol. The Morgan fingerprint density at radius 1 is 1.39 bits per heavy atom. The van der Waals surface area contributed by atoms with Crippen LogP contribution < -0.4 is 0 Å². The van der Waals surface area contributed by atoms with E-state index in [1.807, 2.05) is 19.9 Å². The first kappa shape index (κ1) is 13.1. The van der Waals surface area contributed by atoms with E-state index in [2.05, 4.69) is 12.7 Å². The summed E-state index contributed by atoms with van der Waals surface area (Å²) in [5.41, 5.74) is 2.73. The third kappa shape index (κ3) is 2.56. The lowest BCUT2D eigenvalue weighted by Gasteiger charge is -2.22. The summed E-state index contributed by atoms with van der Waals surface area (Å²) in [4.78, 5) is 11.6. The third-order valence-electron chi connectivity index (χ3n) is 3.70. The second kappa shape index (κ2) is 5.11. The molecule has 1 heterocycles. The number of allylic oxidation sites excluding steroid dienone is 2. The number of aliphatic hydroxyl groups excluding tert-OH is 1. The van der Waals surface area contributed by atoms with Gasteiger partial charge in [-0.25, -0.2) is 4.79 Å². The summed E-state index contributed by atoms with van der Waals surface area (Å²) in [5, 5.41) is 10.3. The van der Waals surface area contributed by atoms with E-state index >= 15 is 0 Å². The van der Waals surface area contributed by atoms with Gasteiger partial charge in [0.15, 0.2) is 0 Å². The van der Waals surface area contributed by atoms with Gasteiger partial charge in [-0.2, -0.15) is 0 Å². The average molecular weight is 248 g/mol. The molecule has 0 aromatic heterocycles. The van der Waals surface area contributed by atoms with Crippen LogP contribution in [0, 0.1) is 5.92 Å². The Bertz CT molecular complexity index is 431. The minimum Gasteiger partial charge on any atom is -0.458 e. The van der Waals surface area contributed by atoms with E-state index in [1.54, 1.807) is 0 Å². The Balaban J connectivity index is 2.32. The number of hydrogen-bond acceptors (Lipinski definition) is 3. The summed E-state index contributed by atoms with van der Waals surface area (Å²) in [6.07, 6.45) is 5.64. The number of ether oxygens (including phenoxy) is 1. The average Bonchev–Trinajstić information content (AvgIpc) is 2.53. The van der Waals surface area contributed by atoms with Crippen LogP contribution >= 0.6 is 0 Å². The van der Waals surface area contributed by atoms with E-state index in [9.17, 15) is 9.90 Å². The zero-order valence-electron chi connectivity index (χ0n) is 11.0. The Morgan fingerprint density at radius 2 is 2.11 bits per heavy atom. The first-order valence-corrected chi connectivity index (χ1v) is 6.40. The fraction of sp³-hybridized carbons (Fsp3) is 0.533. The van der Waals surface area contributed by atoms with Gasteiger partial charge in [-0.05, 0) is 26.7 Å². The van der Waals surface area contributed by atoms with Crippen molar-refractivity contribution in [3.05, 3.63) is 35.5 Å². The van der Waals surface area contributed by atoms with Gasteiger partial charge in [-0.15, -0.1) is 0 Å². The zero-order valence-corrected chi connectivity index (χ0v) is 11.0. The number of carbonyl (C=O) groups excluding carboxylic acids is 1. The summed E-state index contributed by atoms with van der Waals surface area (Å²) in [5.74, 6) is -0.684. The van der Waals surface area contributed by atoms with Gasteiger partial charge in [0.1, 0.15) is 6.10 Å². The molecule has 1 aliphatic carbocycles. The molecule has 3 atom stereocenters. The second-order valence-corrected chi connectivity index (χ2v) is 5.29. The molecule has 0 bridgehead atoms. The van der Waals surface area contributed by atoms with Gasteiger partial charge in [0.2, 0.25) is 0 Å². The van der Waals surface area contributed by atoms with Crippen molar-refractivity contribution in [3.8, 4) is 0 Å². The fourth-order valence-corrected chi connectivity index (χ4v) is 2.67. The first-order chi connectivity index (χ1) is 8.49. The van der Waals surface area contributed by atoms with Crippen molar-refractivity contribution in [1.82, 2.24) is 0 Å². The van der Waals surface area contributed by atoms with Crippen molar-refractivity contribution in [2.75, 3.05) is 0 Å². The van der Waals surface area contributed by atoms with Crippen molar-refractivity contribution < 1.29 is 14.6 Å². The number of esters is 1. The van der Waals surface area contributed by atoms with Gasteiger partial charge < -0.3 is 9.84 Å². The highest BCUT2D eigenvalue weighted by Gasteiger charge is 2.42. The van der Waals surface area contributed by atoms with E-state index in [-0.39, 0.29) is 18.0 Å². The minimum atomic E-state index is -0.681. The molecule has 2 rings (SSSR count). The minimum absolute atomic E-state index is 0.279. The van der Waals surface area contributed by atoms with Gasteiger partial charge in [-0.3, -0.25) is 0 Å². The predicted octanol–water partition coefficient (Wildman–Crippen LogP) is 2.52. The SMILES string of the molecule is C=C1C(=O)OC2CC(C)=CCCC(C)=CC(O)C12. The van der Waals surface area contributed by atoms with E-state index in [4.69, 9.17) is 4.74 Å². The Labute approximate surface area is 108 Å². The largest absolute Gasteiger partial charge is 0.458 e. The molecule has 0 aromatic carbocycles. The maximum atomic E-state index is 11.6. The molecule has 3 unspecified atom stereocenters. The van der Waals surface area contributed by atoms with Gasteiger partial charge in [0, 0.05) is 12.0 Å². The van der Waals surface area contributed by atoms with Gasteiger partial charge in [0.05, 0.1) is 12.0 Å². The molecule has 1 aliphatic heterocycles. The molecule has 18 heavy (non-hydrogen) atoms. The highest BCUT2D eigenvalue weighted by atomic mass is 16.6. The molecule has 1 saturated heterocycles. The molecule has 3 nitrogen and oxygen atoms in total. The highest BCUT2D eigenvalue weighted by Crippen LogP contribution is 2.34. The standard InChI is InChI=1S/C15H20O3/c1-9-5-4-6-10(2)8-13-14(12(16)7-9)11(3)15(17)18-13/h6-7,12-14,16H,3-5,8H2,1-2H3. The predicted molar refractivity (Wildman–Crippen MR) is 69.9 cm³/mol. The number of carbonyl (C=O) groups is 1. The molecule has 2 aliphatic rings. The smallest absolute Gasteiger partial charge is 0.334 e. The van der Waals surface area contributed by atoms with Crippen molar-refractivity contribution in [1.29, 1.82) is 0 Å². The second-order valence-electron chi connectivity index (χ2n) is 5.29. The molecule has 0 spiro atoms. The van der Waals surface area contributed by atoms with Crippen molar-refractivity contribution >= 4 is 5.97 Å². The fourth-order valence-electron chi connectivity index (χ4n) is 2.67. The summed E-state index contributed by atoms with van der Waals surface area (Å²) < 4.78 is 5.32. The van der Waals surface area contributed by atoms with Gasteiger partial charge in [-0.1, -0.05) is 29.9 Å². The van der Waals surface area contributed by atoms with E-state index in [1.165, 1.54) is 5.57 Å². The third-order valence-corrected chi connectivity index (χ3v) is 3.70. The molecule has 3 heteroatoms. The van der Waals surface area contributed by atoms with Gasteiger partial charge in [0.25, 0.3) is 0 Å². The number of rotatable bonds is 0. The molecule has 0 radical (unpaired) electrons. The lowest BCUT2D eigenvalue weighted by molar-refractivity contribution is -0.139. The Morgan fingerprint density at radius 3 is 2.83 bits per heavy atom. The van der Waals surface area contributed by atoms with Gasteiger partial charge >= 0.3 is 5.97 Å². The maximum absolute atomic E-state index is 11.6. The van der Waals surface area contributed by atoms with Crippen LogP contribution in [0.2, 0.25) is 0 Å². The normalized spacial score (nSPS) is 33.4. The highest BCUT2D eigenvalue weighted by molar-refractivity contribution is 5.91. The van der Waals surface area contributed by atoms with Crippen molar-refractivity contribution in [2.24, 2.45) is 5.92 Å². The molecule has 0 amide bonds. The van der Waals surface area contributed by atoms with Crippen LogP contribution in [0.5, 0.6) is 0 Å². The van der Waals surface area contributed by atoms with Crippen LogP contribution in [0.3, 0.4) is 0 Å². The van der Waals surface area contributed by atoms with Crippen molar-refractivity contribution in [3.63, 3.8) is 0 Å². The van der Waals surface area contributed by atoms with E-state index in [0.29, 0.717) is 12.0 Å². The van der Waals surface area contributed by atoms with E-state index in [0.717, 1.165) is 18.4 Å². The van der Waals surface area contributed by atoms with Crippen LogP contribution in [0.1, 0.15) is 33.1 Å². The molecular weight excluding hydrogens is 228 g/mol. The number of hydrogen-bond donors (Lipinski definition) is 1. The van der Waals surface area contributed by atoms with Crippen LogP contribution in [0.15, 0.2) is 35.5 Å². The van der Waals surface area contributed by atoms with Crippen LogP contribution in [0.25, 0.3) is 0 Å². The molecule has 98 valence electrons. The van der Waals surface area contributed by atoms with Crippen LogP contribution in [-0.2, 0) is 9.53 Å². The summed E-state index contributed by atoms with van der Waals surface area (Å²) in [6, 6.07) is 0. The molecule has 0 saturated carbocycles. The molecule has 1 fully saturated rings. The quantitative estimate of drug-likeness (QED) is 0.407. The Hall–Kier alpha value is -1.35. The van der Waals surface area contributed by atoms with Crippen LogP contribution in [-0.4, -0.2) is 23.3 Å². The topological polar surface area (TPSA) is 46.5 Å². The number of fused-ring (bicyclic) bond motifs is 1. The summed E-state index contributed by atoms with van der Waals surface area (Å²) in [6.45, 7) is 7.81. The van der Waals surface area contributed by atoms with E-state index < -0.39 is 6.10 Å². The van der Waals surface area contributed by atoms with Crippen LogP contribution in [0.4, 0.5) is 0 Å². The molecular formula is C15H20O3. The zero-order chi connectivity index (χ0) is 13.3. The number of aliphatic hydroxyl groups is 1. The summed E-state index contributed by atoms with van der Waals surface area (Å²) >= 11 is 0. The summed E-state index contributed by atoms with van der Waals surface area (Å²) in [7, 11) is 0. The lowest BCUT2D eigenvalue weighted by atomic mass is 9.86. The molecule has 1 N–H and O–H groups in total. The first-order valence-electron chi connectivity index (χ1n) is 6.40.